The van der Waals surface area contributed by atoms with Crippen molar-refractivity contribution in [1.82, 2.24) is 0 Å². The molecule has 0 saturated carbocycles. The van der Waals surface area contributed by atoms with Gasteiger partial charge in [0.2, 0.25) is 10.0 Å². The van der Waals surface area contributed by atoms with Gasteiger partial charge in [-0.15, -0.1) is 0 Å². The van der Waals surface area contributed by atoms with Crippen molar-refractivity contribution in [2.75, 3.05) is 17.6 Å². The molecule has 0 unspecified atom stereocenters. The van der Waals surface area contributed by atoms with Crippen LogP contribution in [0.4, 0.5) is 11.4 Å². The van der Waals surface area contributed by atoms with Crippen LogP contribution in [0.25, 0.3) is 0 Å². The quantitative estimate of drug-likeness (QED) is 0.494. The Hall–Kier alpha value is -2.09. The molecule has 0 aliphatic heterocycles. The van der Waals surface area contributed by atoms with Gasteiger partial charge in [0.1, 0.15) is 6.61 Å². The van der Waals surface area contributed by atoms with Crippen molar-refractivity contribution >= 4 is 21.4 Å². The first-order valence-electron chi connectivity index (χ1n) is 5.71. The second-order valence-corrected chi connectivity index (χ2v) is 6.15. The Morgan fingerprint density at radius 1 is 1.45 bits per heavy atom. The summed E-state index contributed by atoms with van der Waals surface area (Å²) in [6.07, 6.45) is 2.78. The summed E-state index contributed by atoms with van der Waals surface area (Å²) in [5.41, 5.74) is 1.02. The first-order chi connectivity index (χ1) is 9.19. The molecule has 0 spiro atoms. The van der Waals surface area contributed by atoms with E-state index < -0.39 is 14.9 Å². The summed E-state index contributed by atoms with van der Waals surface area (Å²) >= 11 is 0. The van der Waals surface area contributed by atoms with Crippen LogP contribution in [0.15, 0.2) is 29.8 Å². The molecule has 0 aliphatic carbocycles. The largest absolute Gasteiger partial charge is 0.487 e. The molecule has 1 rings (SSSR count). The normalized spacial score (nSPS) is 10.8. The molecule has 0 radical (unpaired) electrons. The van der Waals surface area contributed by atoms with Crippen molar-refractivity contribution in [2.24, 2.45) is 0 Å². The van der Waals surface area contributed by atoms with Gasteiger partial charge in [-0.25, -0.2) is 8.42 Å². The minimum absolute atomic E-state index is 0.113. The fraction of sp³-hybridized carbons (Fsp3) is 0.333. The van der Waals surface area contributed by atoms with E-state index in [1.165, 1.54) is 18.2 Å². The number of hydrogen-bond donors (Lipinski definition) is 1. The van der Waals surface area contributed by atoms with E-state index in [4.69, 9.17) is 4.74 Å². The van der Waals surface area contributed by atoms with E-state index in [0.717, 1.165) is 11.8 Å². The van der Waals surface area contributed by atoms with E-state index in [-0.39, 0.29) is 23.7 Å². The molecule has 0 atom stereocenters. The zero-order valence-electron chi connectivity index (χ0n) is 11.4. The lowest BCUT2D eigenvalue weighted by molar-refractivity contribution is -0.384. The first-order valence-corrected chi connectivity index (χ1v) is 7.60. The SMILES string of the molecule is CC(C)=CCOc1cc([N+](=O)[O-])ccc1NS(C)(=O)=O. The Morgan fingerprint density at radius 2 is 2.10 bits per heavy atom. The van der Waals surface area contributed by atoms with Gasteiger partial charge >= 0.3 is 0 Å². The van der Waals surface area contributed by atoms with Gasteiger partial charge in [0.05, 0.1) is 22.9 Å². The monoisotopic (exact) mass is 300 g/mol. The Kier molecular flexibility index (Phi) is 5.09. The lowest BCUT2D eigenvalue weighted by atomic mass is 10.2. The molecule has 1 aromatic carbocycles. The fourth-order valence-corrected chi connectivity index (χ4v) is 1.89. The third-order valence-corrected chi connectivity index (χ3v) is 2.79. The van der Waals surface area contributed by atoms with Crippen LogP contribution in [-0.2, 0) is 10.0 Å². The van der Waals surface area contributed by atoms with Crippen LogP contribution < -0.4 is 9.46 Å². The molecule has 8 heteroatoms. The van der Waals surface area contributed by atoms with Crippen molar-refractivity contribution in [3.05, 3.63) is 40.0 Å². The third kappa shape index (κ3) is 5.27. The molecular weight excluding hydrogens is 284 g/mol. The van der Waals surface area contributed by atoms with Crippen molar-refractivity contribution in [3.63, 3.8) is 0 Å². The van der Waals surface area contributed by atoms with Gasteiger partial charge in [-0.2, -0.15) is 0 Å². The molecule has 0 amide bonds. The number of anilines is 1. The van der Waals surface area contributed by atoms with Gasteiger partial charge in [-0.3, -0.25) is 14.8 Å². The smallest absolute Gasteiger partial charge is 0.273 e. The summed E-state index contributed by atoms with van der Waals surface area (Å²) in [7, 11) is -3.49. The number of nitro groups is 1. The zero-order valence-corrected chi connectivity index (χ0v) is 12.2. The number of nitrogens with zero attached hydrogens (tertiary/aromatic N) is 1. The van der Waals surface area contributed by atoms with Gasteiger partial charge in [0.15, 0.2) is 5.75 Å². The highest BCUT2D eigenvalue weighted by molar-refractivity contribution is 7.92. The Bertz CT molecular complexity index is 633. The lowest BCUT2D eigenvalue weighted by Gasteiger charge is -2.11. The summed E-state index contributed by atoms with van der Waals surface area (Å²) in [6.45, 7) is 3.96. The van der Waals surface area contributed by atoms with E-state index in [1.807, 2.05) is 13.8 Å². The maximum Gasteiger partial charge on any atom is 0.273 e. The van der Waals surface area contributed by atoms with Crippen molar-refractivity contribution in [2.45, 2.75) is 13.8 Å². The van der Waals surface area contributed by atoms with Gasteiger partial charge in [-0.1, -0.05) is 5.57 Å². The minimum Gasteiger partial charge on any atom is -0.487 e. The zero-order chi connectivity index (χ0) is 15.3. The number of allylic oxidation sites excluding steroid dienone is 1. The fourth-order valence-electron chi connectivity index (χ4n) is 1.33. The van der Waals surface area contributed by atoms with Gasteiger partial charge in [0, 0.05) is 6.07 Å². The van der Waals surface area contributed by atoms with Crippen LogP contribution in [0.1, 0.15) is 13.8 Å². The van der Waals surface area contributed by atoms with Gasteiger partial charge in [-0.05, 0) is 26.0 Å². The Morgan fingerprint density at radius 3 is 2.60 bits per heavy atom. The molecule has 0 saturated heterocycles. The van der Waals surface area contributed by atoms with Crippen LogP contribution in [0.3, 0.4) is 0 Å². The topological polar surface area (TPSA) is 98.5 Å². The maximum atomic E-state index is 11.2. The molecule has 0 aliphatic rings. The second-order valence-electron chi connectivity index (χ2n) is 4.40. The number of non-ortho nitro benzene ring substituents is 1. The highest BCUT2D eigenvalue weighted by Crippen LogP contribution is 2.30. The Labute approximate surface area is 117 Å². The van der Waals surface area contributed by atoms with E-state index >= 15 is 0 Å². The van der Waals surface area contributed by atoms with Crippen LogP contribution >= 0.6 is 0 Å². The number of hydrogen-bond acceptors (Lipinski definition) is 5. The van der Waals surface area contributed by atoms with Crippen LogP contribution in [-0.4, -0.2) is 26.2 Å². The number of rotatable bonds is 6. The van der Waals surface area contributed by atoms with Gasteiger partial charge in [0.25, 0.3) is 5.69 Å². The summed E-state index contributed by atoms with van der Waals surface area (Å²) in [4.78, 5) is 10.2. The molecule has 7 nitrogen and oxygen atoms in total. The van der Waals surface area contributed by atoms with Crippen molar-refractivity contribution in [3.8, 4) is 5.75 Å². The van der Waals surface area contributed by atoms with E-state index in [0.29, 0.717) is 0 Å². The maximum absolute atomic E-state index is 11.2. The standard InChI is InChI=1S/C12H16N2O5S/c1-9(2)6-7-19-12-8-10(14(15)16)4-5-11(12)13-20(3,17)18/h4-6,8,13H,7H2,1-3H3. The number of nitro benzene ring substituents is 1. The van der Waals surface area contributed by atoms with Crippen LogP contribution in [0.5, 0.6) is 5.75 Å². The van der Waals surface area contributed by atoms with Crippen molar-refractivity contribution in [1.29, 1.82) is 0 Å². The number of nitrogens with one attached hydrogen (secondary N) is 1. The number of ether oxygens (including phenoxy) is 1. The van der Waals surface area contributed by atoms with Crippen LogP contribution in [0.2, 0.25) is 0 Å². The molecule has 0 fully saturated rings. The highest BCUT2D eigenvalue weighted by Gasteiger charge is 2.14. The molecule has 0 heterocycles. The van der Waals surface area contributed by atoms with Gasteiger partial charge < -0.3 is 4.74 Å². The summed E-state index contributed by atoms with van der Waals surface area (Å²) in [5, 5.41) is 10.7. The Balaban J connectivity index is 3.09. The van der Waals surface area contributed by atoms with Crippen LogP contribution in [0, 0.1) is 10.1 Å². The molecular formula is C12H16N2O5S. The molecule has 0 bridgehead atoms. The minimum atomic E-state index is -3.49. The van der Waals surface area contributed by atoms with Crippen molar-refractivity contribution < 1.29 is 18.1 Å². The van der Waals surface area contributed by atoms with E-state index in [1.54, 1.807) is 6.08 Å². The molecule has 1 aromatic rings. The average Bonchev–Trinajstić information content (AvgIpc) is 2.28. The summed E-state index contributed by atoms with van der Waals surface area (Å²) in [6, 6.07) is 3.70. The number of benzene rings is 1. The molecule has 20 heavy (non-hydrogen) atoms. The highest BCUT2D eigenvalue weighted by atomic mass is 32.2. The van der Waals surface area contributed by atoms with E-state index in [9.17, 15) is 18.5 Å². The first kappa shape index (κ1) is 16.0. The average molecular weight is 300 g/mol. The lowest BCUT2D eigenvalue weighted by Crippen LogP contribution is -2.11. The third-order valence-electron chi connectivity index (χ3n) is 2.20. The predicted molar refractivity (Wildman–Crippen MR) is 76.5 cm³/mol. The summed E-state index contributed by atoms with van der Waals surface area (Å²) < 4.78 is 30.1. The number of sulfonamides is 1. The second kappa shape index (κ2) is 6.38. The molecule has 0 aromatic heterocycles. The van der Waals surface area contributed by atoms with E-state index in [2.05, 4.69) is 4.72 Å². The molecule has 1 N–H and O–H groups in total. The summed E-state index contributed by atoms with van der Waals surface area (Å²) in [5.74, 6) is 0.113. The molecule has 110 valence electrons. The predicted octanol–water partition coefficient (Wildman–Crippen LogP) is 2.31.